The number of benzene rings is 1. The fraction of sp³-hybridized carbons (Fsp3) is 0.333. The molecule has 0 aromatic heterocycles. The SMILES string of the molecule is COc1ccc(NC2=NC(CC(=O)O)CS2)cc1. The molecular formula is C12H14N2O3S. The van der Waals surface area contributed by atoms with Crippen LogP contribution in [0.1, 0.15) is 6.42 Å². The van der Waals surface area contributed by atoms with Crippen LogP contribution in [0, 0.1) is 0 Å². The Hall–Kier alpha value is -1.69. The van der Waals surface area contributed by atoms with E-state index in [4.69, 9.17) is 9.84 Å². The second kappa shape index (κ2) is 5.77. The number of aliphatic imine (C=N–C) groups is 1. The quantitative estimate of drug-likeness (QED) is 0.872. The van der Waals surface area contributed by atoms with Gasteiger partial charge in [-0.2, -0.15) is 0 Å². The fourth-order valence-electron chi connectivity index (χ4n) is 1.59. The van der Waals surface area contributed by atoms with Crippen LogP contribution in [-0.4, -0.2) is 35.1 Å². The van der Waals surface area contributed by atoms with Gasteiger partial charge in [-0.05, 0) is 24.3 Å². The van der Waals surface area contributed by atoms with Gasteiger partial charge in [0, 0.05) is 11.4 Å². The summed E-state index contributed by atoms with van der Waals surface area (Å²) in [6.45, 7) is 0. The standard InChI is InChI=1S/C12H14N2O3S/c1-17-10-4-2-8(3-5-10)13-12-14-9(7-18-12)6-11(15)16/h2-5,9H,6-7H2,1H3,(H,13,14)(H,15,16). The number of carboxylic acids is 1. The maximum atomic E-state index is 10.6. The molecule has 0 saturated carbocycles. The summed E-state index contributed by atoms with van der Waals surface area (Å²) in [4.78, 5) is 14.9. The minimum Gasteiger partial charge on any atom is -0.497 e. The zero-order chi connectivity index (χ0) is 13.0. The van der Waals surface area contributed by atoms with Crippen LogP contribution < -0.4 is 10.1 Å². The van der Waals surface area contributed by atoms with E-state index in [0.29, 0.717) is 5.75 Å². The number of carboxylic acid groups (broad SMARTS) is 1. The van der Waals surface area contributed by atoms with Gasteiger partial charge in [-0.15, -0.1) is 0 Å². The molecule has 1 aromatic rings. The Morgan fingerprint density at radius 2 is 2.28 bits per heavy atom. The van der Waals surface area contributed by atoms with Crippen LogP contribution >= 0.6 is 11.8 Å². The molecule has 1 aliphatic rings. The number of methoxy groups -OCH3 is 1. The molecule has 2 rings (SSSR count). The van der Waals surface area contributed by atoms with Crippen molar-refractivity contribution in [1.29, 1.82) is 0 Å². The van der Waals surface area contributed by atoms with Crippen molar-refractivity contribution in [3.05, 3.63) is 24.3 Å². The molecule has 5 nitrogen and oxygen atoms in total. The van der Waals surface area contributed by atoms with E-state index in [2.05, 4.69) is 10.3 Å². The van der Waals surface area contributed by atoms with Gasteiger partial charge in [0.15, 0.2) is 5.17 Å². The molecule has 1 aromatic carbocycles. The molecule has 0 fully saturated rings. The summed E-state index contributed by atoms with van der Waals surface area (Å²) in [6.07, 6.45) is 0.0841. The molecule has 1 atom stereocenters. The lowest BCUT2D eigenvalue weighted by Crippen LogP contribution is -2.10. The Balaban J connectivity index is 1.95. The van der Waals surface area contributed by atoms with Gasteiger partial charge in [0.2, 0.25) is 0 Å². The summed E-state index contributed by atoms with van der Waals surface area (Å²) in [6, 6.07) is 7.38. The predicted molar refractivity (Wildman–Crippen MR) is 72.6 cm³/mol. The summed E-state index contributed by atoms with van der Waals surface area (Å²) < 4.78 is 5.07. The average molecular weight is 266 g/mol. The largest absolute Gasteiger partial charge is 0.497 e. The van der Waals surface area contributed by atoms with Crippen LogP contribution in [0.5, 0.6) is 5.75 Å². The molecule has 0 amide bonds. The number of amidine groups is 1. The number of rotatable bonds is 4. The van der Waals surface area contributed by atoms with Crippen molar-refractivity contribution >= 4 is 28.6 Å². The second-order valence-corrected chi connectivity index (χ2v) is 4.86. The van der Waals surface area contributed by atoms with Crippen LogP contribution in [0.4, 0.5) is 5.69 Å². The van der Waals surface area contributed by atoms with Crippen LogP contribution in [0.15, 0.2) is 29.3 Å². The summed E-state index contributed by atoms with van der Waals surface area (Å²) in [5.74, 6) is 0.700. The molecule has 0 spiro atoms. The molecular weight excluding hydrogens is 252 g/mol. The number of nitrogens with zero attached hydrogens (tertiary/aromatic N) is 1. The van der Waals surface area contributed by atoms with Gasteiger partial charge < -0.3 is 15.2 Å². The first-order valence-corrected chi connectivity index (χ1v) is 6.49. The summed E-state index contributed by atoms with van der Waals surface area (Å²) in [5, 5.41) is 12.6. The van der Waals surface area contributed by atoms with Crippen molar-refractivity contribution in [2.24, 2.45) is 4.99 Å². The van der Waals surface area contributed by atoms with E-state index in [1.807, 2.05) is 24.3 Å². The third-order valence-electron chi connectivity index (χ3n) is 2.46. The summed E-state index contributed by atoms with van der Waals surface area (Å²) in [5.41, 5.74) is 0.915. The highest BCUT2D eigenvalue weighted by Gasteiger charge is 2.20. The molecule has 1 unspecified atom stereocenters. The van der Waals surface area contributed by atoms with Gasteiger partial charge in [0.25, 0.3) is 0 Å². The molecule has 1 heterocycles. The van der Waals surface area contributed by atoms with Gasteiger partial charge in [-0.25, -0.2) is 0 Å². The van der Waals surface area contributed by atoms with Crippen molar-refractivity contribution in [3.8, 4) is 5.75 Å². The predicted octanol–water partition coefficient (Wildman–Crippen LogP) is 2.05. The maximum Gasteiger partial charge on any atom is 0.305 e. The maximum absolute atomic E-state index is 10.6. The Kier molecular flexibility index (Phi) is 4.09. The number of ether oxygens (including phenoxy) is 1. The van der Waals surface area contributed by atoms with E-state index in [0.717, 1.165) is 16.6 Å². The number of thioether (sulfide) groups is 1. The lowest BCUT2D eigenvalue weighted by atomic mass is 10.2. The molecule has 2 N–H and O–H groups in total. The van der Waals surface area contributed by atoms with Gasteiger partial charge in [-0.1, -0.05) is 11.8 Å². The Bertz CT molecular complexity index is 459. The Morgan fingerprint density at radius 3 is 2.89 bits per heavy atom. The van der Waals surface area contributed by atoms with Crippen molar-refractivity contribution < 1.29 is 14.6 Å². The zero-order valence-corrected chi connectivity index (χ0v) is 10.7. The number of hydrogen-bond acceptors (Lipinski definition) is 5. The third-order valence-corrected chi connectivity index (χ3v) is 3.50. The summed E-state index contributed by atoms with van der Waals surface area (Å²) in [7, 11) is 1.62. The van der Waals surface area contributed by atoms with E-state index in [1.165, 1.54) is 0 Å². The first-order valence-electron chi connectivity index (χ1n) is 5.51. The Morgan fingerprint density at radius 1 is 1.56 bits per heavy atom. The van der Waals surface area contributed by atoms with Crippen molar-refractivity contribution in [1.82, 2.24) is 0 Å². The molecule has 0 aliphatic carbocycles. The molecule has 1 aliphatic heterocycles. The van der Waals surface area contributed by atoms with Crippen LogP contribution in [0.25, 0.3) is 0 Å². The Labute approximate surface area is 109 Å². The van der Waals surface area contributed by atoms with Crippen LogP contribution in [-0.2, 0) is 4.79 Å². The fourth-order valence-corrected chi connectivity index (χ4v) is 2.54. The van der Waals surface area contributed by atoms with Crippen molar-refractivity contribution in [3.63, 3.8) is 0 Å². The highest BCUT2D eigenvalue weighted by Crippen LogP contribution is 2.23. The number of nitrogens with one attached hydrogen (secondary N) is 1. The minimum absolute atomic E-state index is 0.0841. The van der Waals surface area contributed by atoms with E-state index in [-0.39, 0.29) is 12.5 Å². The van der Waals surface area contributed by atoms with Crippen LogP contribution in [0.2, 0.25) is 0 Å². The minimum atomic E-state index is -0.810. The lowest BCUT2D eigenvalue weighted by Gasteiger charge is -2.05. The highest BCUT2D eigenvalue weighted by molar-refractivity contribution is 8.14. The monoisotopic (exact) mass is 266 g/mol. The molecule has 0 radical (unpaired) electrons. The normalized spacial score (nSPS) is 18.3. The van der Waals surface area contributed by atoms with E-state index < -0.39 is 5.97 Å². The van der Waals surface area contributed by atoms with Gasteiger partial charge in [0.05, 0.1) is 19.6 Å². The van der Waals surface area contributed by atoms with Gasteiger partial charge in [-0.3, -0.25) is 9.79 Å². The van der Waals surface area contributed by atoms with Crippen LogP contribution in [0.3, 0.4) is 0 Å². The first-order chi connectivity index (χ1) is 8.67. The van der Waals surface area contributed by atoms with Crippen molar-refractivity contribution in [2.75, 3.05) is 18.2 Å². The van der Waals surface area contributed by atoms with E-state index in [1.54, 1.807) is 18.9 Å². The lowest BCUT2D eigenvalue weighted by molar-refractivity contribution is -0.137. The van der Waals surface area contributed by atoms with E-state index in [9.17, 15) is 4.79 Å². The van der Waals surface area contributed by atoms with Crippen molar-refractivity contribution in [2.45, 2.75) is 12.5 Å². The van der Waals surface area contributed by atoms with Gasteiger partial charge in [0.1, 0.15) is 5.75 Å². The molecule has 6 heteroatoms. The van der Waals surface area contributed by atoms with Gasteiger partial charge >= 0.3 is 5.97 Å². The van der Waals surface area contributed by atoms with E-state index >= 15 is 0 Å². The number of anilines is 1. The topological polar surface area (TPSA) is 70.9 Å². The highest BCUT2D eigenvalue weighted by atomic mass is 32.2. The number of hydrogen-bond donors (Lipinski definition) is 2. The number of aliphatic carboxylic acids is 1. The smallest absolute Gasteiger partial charge is 0.305 e. The summed E-state index contributed by atoms with van der Waals surface area (Å²) >= 11 is 1.54. The second-order valence-electron chi connectivity index (χ2n) is 3.85. The zero-order valence-electron chi connectivity index (χ0n) is 9.92. The molecule has 0 bridgehead atoms. The third kappa shape index (κ3) is 3.40. The average Bonchev–Trinajstić information content (AvgIpc) is 2.76. The molecule has 0 saturated heterocycles. The molecule has 18 heavy (non-hydrogen) atoms. The number of carbonyl (C=O) groups is 1. The molecule has 96 valence electrons. The first kappa shape index (κ1) is 12.8.